The molecule has 5 rings (SSSR count). The smallest absolute Gasteiger partial charge is 0.425 e. The number of esters is 1. The molecule has 16 heteroatoms. The predicted molar refractivity (Wildman–Crippen MR) is 224 cm³/mol. The van der Waals surface area contributed by atoms with Gasteiger partial charge in [-0.25, -0.2) is 20.2 Å². The maximum Gasteiger partial charge on any atom is 0.425 e. The zero-order valence-electron chi connectivity index (χ0n) is 37.3. The quantitative estimate of drug-likeness (QED) is 0.116. The van der Waals surface area contributed by atoms with Crippen LogP contribution in [0.5, 0.6) is 0 Å². The Bertz CT molecular complexity index is 1810. The lowest BCUT2D eigenvalue weighted by atomic mass is 9.73. The highest BCUT2D eigenvalue weighted by Crippen LogP contribution is 2.42. The first-order chi connectivity index (χ1) is 28.3. The zero-order valence-corrected chi connectivity index (χ0v) is 37.3. The van der Waals surface area contributed by atoms with E-state index in [4.69, 9.17) is 29.4 Å². The van der Waals surface area contributed by atoms with Crippen molar-refractivity contribution in [1.82, 2.24) is 24.9 Å². The van der Waals surface area contributed by atoms with Crippen molar-refractivity contribution >= 4 is 29.3 Å². The number of Topliss-reactive ketones (excluding diaryl/α,β-unsaturated/α-hetero) is 2. The number of aliphatic hydroxyl groups excluding tert-OH is 1. The minimum atomic E-state index is -1.46. The van der Waals surface area contributed by atoms with Crippen molar-refractivity contribution in [3.05, 3.63) is 36.8 Å². The molecule has 16 nitrogen and oxygen atoms in total. The summed E-state index contributed by atoms with van der Waals surface area (Å²) in [4.78, 5) is 63.2. The molecular formula is C44H68N6O10. The van der Waals surface area contributed by atoms with Gasteiger partial charge in [-0.3, -0.25) is 14.4 Å². The molecule has 1 aromatic carbocycles. The molecule has 334 valence electrons. The van der Waals surface area contributed by atoms with E-state index in [1.807, 2.05) is 60.9 Å². The SMILES string of the molecule is CC[C@H]1OC(=O)[C@H](C)C(=O)[C@H](C)[C@@H](O[C@@H]2O[C@H](C)C[C@H](N(C)C)[C@H]2O)[C@](C)(OC)C[C@@H](C)C(=O)[C@H](C)[C@H]2N(NCCCCn3cnc(-c4ccc(N)cc4)c3)C(=O)O[C@]12C. The number of methoxy groups -OCH3 is 1. The average Bonchev–Trinajstić information content (AvgIpc) is 3.79. The molecule has 3 fully saturated rings. The van der Waals surface area contributed by atoms with Crippen LogP contribution in [-0.4, -0.2) is 130 Å². The number of cyclic esters (lactones) is 1. The number of ketones is 2. The van der Waals surface area contributed by atoms with Gasteiger partial charge < -0.3 is 44.0 Å². The van der Waals surface area contributed by atoms with Gasteiger partial charge >= 0.3 is 12.1 Å². The number of nitrogens with one attached hydrogen (secondary N) is 1. The molecule has 0 unspecified atom stereocenters. The summed E-state index contributed by atoms with van der Waals surface area (Å²) in [5.41, 5.74) is 8.83. The van der Waals surface area contributed by atoms with Gasteiger partial charge in [-0.05, 0) is 86.0 Å². The van der Waals surface area contributed by atoms with E-state index in [1.54, 1.807) is 47.9 Å². The average molecular weight is 841 g/mol. The van der Waals surface area contributed by atoms with Gasteiger partial charge in [0.2, 0.25) is 0 Å². The first-order valence-electron chi connectivity index (χ1n) is 21.4. The molecule has 0 spiro atoms. The Morgan fingerprint density at radius 2 is 1.70 bits per heavy atom. The molecule has 3 aliphatic heterocycles. The molecule has 1 amide bonds. The number of imidazole rings is 1. The fourth-order valence-corrected chi connectivity index (χ4v) is 9.44. The van der Waals surface area contributed by atoms with E-state index in [1.165, 1.54) is 19.0 Å². The number of anilines is 1. The van der Waals surface area contributed by atoms with Crippen LogP contribution in [0, 0.1) is 23.7 Å². The van der Waals surface area contributed by atoms with Crippen molar-refractivity contribution in [2.75, 3.05) is 33.5 Å². The van der Waals surface area contributed by atoms with Crippen LogP contribution in [0.3, 0.4) is 0 Å². The number of carbonyl (C=O) groups is 4. The Morgan fingerprint density at radius 1 is 1.02 bits per heavy atom. The molecule has 4 heterocycles. The standard InChI is InChI=1S/C44H68N6O10/c1-12-34-44(8)38(50(42(55)60-44)47-19-13-14-20-49-23-32(46-24-49)30-15-17-31(45)18-16-30)27(4)35(51)25(2)22-43(7,56-11)39(28(5)36(52)29(6)40(54)58-34)59-41-37(53)33(48(9)10)21-26(3)57-41/h15-18,23-29,33-34,37-39,41,47,53H,12-14,19-22,45H2,1-11H3/t25-,26-,27+,28+,29-,33+,34-,37-,38-,39-,41+,43-,44-/m1/s1. The van der Waals surface area contributed by atoms with Crippen LogP contribution in [0.1, 0.15) is 87.5 Å². The fourth-order valence-electron chi connectivity index (χ4n) is 9.44. The third-order valence-electron chi connectivity index (χ3n) is 13.0. The van der Waals surface area contributed by atoms with Gasteiger partial charge in [0, 0.05) is 61.4 Å². The van der Waals surface area contributed by atoms with Gasteiger partial charge in [-0.2, -0.15) is 0 Å². The number of nitrogens with zero attached hydrogens (tertiary/aromatic N) is 4. The number of nitrogen functional groups attached to an aromatic ring is 1. The maximum atomic E-state index is 14.7. The summed E-state index contributed by atoms with van der Waals surface area (Å²) in [7, 11) is 5.23. The van der Waals surface area contributed by atoms with Gasteiger partial charge in [-0.1, -0.05) is 39.8 Å². The van der Waals surface area contributed by atoms with Crippen molar-refractivity contribution < 1.29 is 48.0 Å². The van der Waals surface area contributed by atoms with Crippen LogP contribution in [-0.2, 0) is 44.6 Å². The molecule has 60 heavy (non-hydrogen) atoms. The minimum absolute atomic E-state index is 0.112. The first-order valence-corrected chi connectivity index (χ1v) is 21.4. The number of carbonyl (C=O) groups excluding carboxylic acids is 4. The number of aromatic nitrogens is 2. The normalized spacial score (nSPS) is 35.9. The summed E-state index contributed by atoms with van der Waals surface area (Å²) in [5, 5.41) is 12.8. The van der Waals surface area contributed by atoms with E-state index in [-0.39, 0.29) is 30.8 Å². The minimum Gasteiger partial charge on any atom is -0.458 e. The summed E-state index contributed by atoms with van der Waals surface area (Å²) < 4.78 is 33.1. The predicted octanol–water partition coefficient (Wildman–Crippen LogP) is 4.62. The molecule has 0 radical (unpaired) electrons. The number of fused-ring (bicyclic) bond motifs is 1. The Morgan fingerprint density at radius 3 is 2.33 bits per heavy atom. The van der Waals surface area contributed by atoms with E-state index in [0.29, 0.717) is 31.6 Å². The van der Waals surface area contributed by atoms with Crippen LogP contribution in [0.15, 0.2) is 36.8 Å². The number of hydrogen-bond donors (Lipinski definition) is 3. The number of aryl methyl sites for hydroxylation is 1. The Kier molecular flexibility index (Phi) is 15.2. The summed E-state index contributed by atoms with van der Waals surface area (Å²) in [6, 6.07) is 6.36. The van der Waals surface area contributed by atoms with Gasteiger partial charge in [0.15, 0.2) is 17.7 Å². The highest BCUT2D eigenvalue weighted by molar-refractivity contribution is 6.00. The van der Waals surface area contributed by atoms with Crippen LogP contribution >= 0.6 is 0 Å². The first kappa shape index (κ1) is 47.1. The molecule has 1 aromatic heterocycles. The van der Waals surface area contributed by atoms with Crippen LogP contribution < -0.4 is 11.2 Å². The molecule has 0 bridgehead atoms. The van der Waals surface area contributed by atoms with E-state index < -0.39 is 83.4 Å². The monoisotopic (exact) mass is 840 g/mol. The number of benzene rings is 1. The Hall–Kier alpha value is -3.93. The number of hydrogen-bond acceptors (Lipinski definition) is 14. The maximum absolute atomic E-state index is 14.7. The Labute approximate surface area is 354 Å². The largest absolute Gasteiger partial charge is 0.458 e. The van der Waals surface area contributed by atoms with Crippen molar-refractivity contribution in [2.24, 2.45) is 23.7 Å². The lowest BCUT2D eigenvalue weighted by Crippen LogP contribution is -2.61. The van der Waals surface area contributed by atoms with Crippen molar-refractivity contribution in [2.45, 2.75) is 148 Å². The van der Waals surface area contributed by atoms with Gasteiger partial charge in [0.05, 0.1) is 29.8 Å². The third-order valence-corrected chi connectivity index (χ3v) is 13.0. The van der Waals surface area contributed by atoms with E-state index in [0.717, 1.165) is 17.7 Å². The number of amides is 1. The second-order valence-electron chi connectivity index (χ2n) is 17.8. The van der Waals surface area contributed by atoms with Crippen molar-refractivity contribution in [3.8, 4) is 11.3 Å². The second kappa shape index (κ2) is 19.4. The summed E-state index contributed by atoms with van der Waals surface area (Å²) in [6.07, 6.45) is 0.918. The number of aliphatic hydroxyl groups is 1. The highest BCUT2D eigenvalue weighted by atomic mass is 16.7. The van der Waals surface area contributed by atoms with Gasteiger partial charge in [-0.15, -0.1) is 0 Å². The highest BCUT2D eigenvalue weighted by Gasteiger charge is 2.61. The molecule has 4 N–H and O–H groups in total. The number of hydrazine groups is 1. The summed E-state index contributed by atoms with van der Waals surface area (Å²) in [6.45, 7) is 14.9. The Balaban J connectivity index is 1.39. The van der Waals surface area contributed by atoms with Crippen LogP contribution in [0.25, 0.3) is 11.3 Å². The molecule has 0 aliphatic carbocycles. The summed E-state index contributed by atoms with van der Waals surface area (Å²) >= 11 is 0. The molecule has 0 saturated carbocycles. The second-order valence-corrected chi connectivity index (χ2v) is 17.8. The number of unbranched alkanes of at least 4 members (excludes halogenated alkanes) is 1. The van der Waals surface area contributed by atoms with Crippen molar-refractivity contribution in [3.63, 3.8) is 0 Å². The van der Waals surface area contributed by atoms with Crippen molar-refractivity contribution in [1.29, 1.82) is 0 Å². The van der Waals surface area contributed by atoms with E-state index in [9.17, 15) is 24.3 Å². The third kappa shape index (κ3) is 9.89. The molecule has 3 aliphatic rings. The molecule has 3 saturated heterocycles. The number of rotatable bonds is 12. The van der Waals surface area contributed by atoms with Gasteiger partial charge in [0.25, 0.3) is 0 Å². The number of likely N-dealkylation sites (N-methyl/N-ethyl adjacent to an activating group) is 1. The molecular weight excluding hydrogens is 773 g/mol. The van der Waals surface area contributed by atoms with Crippen LogP contribution in [0.4, 0.5) is 10.5 Å². The number of nitrogens with two attached hydrogens (primary N) is 1. The lowest BCUT2D eigenvalue weighted by Gasteiger charge is -2.47. The number of ether oxygens (including phenoxy) is 5. The molecule has 13 atom stereocenters. The zero-order chi connectivity index (χ0) is 44.3. The summed E-state index contributed by atoms with van der Waals surface area (Å²) in [5.74, 6) is -5.12. The van der Waals surface area contributed by atoms with Crippen LogP contribution in [0.2, 0.25) is 0 Å². The van der Waals surface area contributed by atoms with E-state index >= 15 is 0 Å². The van der Waals surface area contributed by atoms with Gasteiger partial charge in [0.1, 0.15) is 30.0 Å². The van der Waals surface area contributed by atoms with E-state index in [2.05, 4.69) is 10.4 Å². The molecule has 2 aromatic rings. The lowest BCUT2D eigenvalue weighted by molar-refractivity contribution is -0.295. The topological polar surface area (TPSA) is 197 Å². The fraction of sp³-hybridized carbons (Fsp3) is 0.705.